The van der Waals surface area contributed by atoms with Gasteiger partial charge in [-0.05, 0) is 44.5 Å². The topological polar surface area (TPSA) is 31.4 Å². The molecule has 1 N–H and O–H groups in total. The summed E-state index contributed by atoms with van der Waals surface area (Å²) < 4.78 is 0. The van der Waals surface area contributed by atoms with Crippen molar-refractivity contribution in [2.24, 2.45) is 0 Å². The van der Waals surface area contributed by atoms with Crippen molar-refractivity contribution < 1.29 is 0 Å². The first kappa shape index (κ1) is 16.2. The number of nitrogens with zero attached hydrogens (tertiary/aromatic N) is 3. The lowest BCUT2D eigenvalue weighted by atomic mass is 10.1. The molecule has 0 saturated carbocycles. The van der Waals surface area contributed by atoms with Crippen molar-refractivity contribution >= 4 is 5.82 Å². The van der Waals surface area contributed by atoms with Gasteiger partial charge in [-0.25, -0.2) is 4.98 Å². The van der Waals surface area contributed by atoms with Crippen LogP contribution in [0.5, 0.6) is 0 Å². The fourth-order valence-corrected chi connectivity index (χ4v) is 2.95. The molecule has 2 unspecified atom stereocenters. The summed E-state index contributed by atoms with van der Waals surface area (Å²) in [5.41, 5.74) is 1.33. The highest BCUT2D eigenvalue weighted by atomic mass is 15.3. The number of anilines is 1. The Morgan fingerprint density at radius 1 is 1.19 bits per heavy atom. The van der Waals surface area contributed by atoms with Crippen LogP contribution in [0, 0.1) is 0 Å². The third-order valence-electron chi connectivity index (χ3n) is 4.63. The van der Waals surface area contributed by atoms with Crippen LogP contribution in [-0.2, 0) is 0 Å². The smallest absolute Gasteiger partial charge is 0.128 e. The third-order valence-corrected chi connectivity index (χ3v) is 4.63. The molecular formula is C17H30N4. The van der Waals surface area contributed by atoms with Crippen LogP contribution in [0.3, 0.4) is 0 Å². The van der Waals surface area contributed by atoms with Crippen molar-refractivity contribution in [3.05, 3.63) is 23.9 Å². The van der Waals surface area contributed by atoms with E-state index in [0.717, 1.165) is 38.5 Å². The van der Waals surface area contributed by atoms with E-state index in [1.165, 1.54) is 12.0 Å². The van der Waals surface area contributed by atoms with Gasteiger partial charge in [0, 0.05) is 44.5 Å². The Labute approximate surface area is 129 Å². The van der Waals surface area contributed by atoms with Gasteiger partial charge >= 0.3 is 0 Å². The minimum Gasteiger partial charge on any atom is -0.354 e. The normalized spacial score (nSPS) is 19.5. The van der Waals surface area contributed by atoms with E-state index in [2.05, 4.69) is 59.9 Å². The minimum atomic E-state index is 0.387. The van der Waals surface area contributed by atoms with Gasteiger partial charge in [-0.1, -0.05) is 13.8 Å². The molecule has 0 radical (unpaired) electrons. The first-order valence-electron chi connectivity index (χ1n) is 8.34. The lowest BCUT2D eigenvalue weighted by Crippen LogP contribution is -2.49. The highest BCUT2D eigenvalue weighted by Crippen LogP contribution is 2.20. The van der Waals surface area contributed by atoms with Crippen LogP contribution in [-0.4, -0.2) is 48.6 Å². The second-order valence-corrected chi connectivity index (χ2v) is 6.01. The van der Waals surface area contributed by atoms with E-state index in [0.29, 0.717) is 12.1 Å². The molecule has 1 fully saturated rings. The van der Waals surface area contributed by atoms with Gasteiger partial charge in [-0.2, -0.15) is 0 Å². The molecule has 1 saturated heterocycles. The Morgan fingerprint density at radius 3 is 2.52 bits per heavy atom. The molecule has 0 aliphatic carbocycles. The first-order chi connectivity index (χ1) is 10.2. The van der Waals surface area contributed by atoms with Crippen molar-refractivity contribution in [3.63, 3.8) is 0 Å². The molecule has 21 heavy (non-hydrogen) atoms. The van der Waals surface area contributed by atoms with E-state index >= 15 is 0 Å². The van der Waals surface area contributed by atoms with E-state index in [1.807, 2.05) is 6.20 Å². The molecule has 0 aromatic carbocycles. The molecule has 2 rings (SSSR count). The van der Waals surface area contributed by atoms with E-state index in [1.54, 1.807) is 0 Å². The van der Waals surface area contributed by atoms with Crippen LogP contribution in [0.15, 0.2) is 18.3 Å². The summed E-state index contributed by atoms with van der Waals surface area (Å²) in [6.07, 6.45) is 3.17. The van der Waals surface area contributed by atoms with Crippen LogP contribution < -0.4 is 10.2 Å². The molecule has 2 heterocycles. The second-order valence-electron chi connectivity index (χ2n) is 6.01. The molecule has 1 aromatic heterocycles. The second kappa shape index (κ2) is 7.76. The summed E-state index contributed by atoms with van der Waals surface area (Å²) in [6, 6.07) is 5.44. The Bertz CT molecular complexity index is 427. The maximum Gasteiger partial charge on any atom is 0.128 e. The van der Waals surface area contributed by atoms with Crippen molar-refractivity contribution in [2.75, 3.05) is 37.6 Å². The molecule has 0 spiro atoms. The largest absolute Gasteiger partial charge is 0.354 e. The molecule has 1 aromatic rings. The Morgan fingerprint density at radius 2 is 1.90 bits per heavy atom. The van der Waals surface area contributed by atoms with Gasteiger partial charge in [0.2, 0.25) is 0 Å². The zero-order valence-electron chi connectivity index (χ0n) is 14.0. The van der Waals surface area contributed by atoms with E-state index in [4.69, 9.17) is 0 Å². The van der Waals surface area contributed by atoms with Crippen LogP contribution in [0.25, 0.3) is 0 Å². The molecule has 1 aliphatic heterocycles. The summed E-state index contributed by atoms with van der Waals surface area (Å²) in [7, 11) is 0. The van der Waals surface area contributed by atoms with Gasteiger partial charge in [-0.15, -0.1) is 0 Å². The van der Waals surface area contributed by atoms with Gasteiger partial charge in [-0.3, -0.25) is 4.90 Å². The Hall–Kier alpha value is -1.13. The quantitative estimate of drug-likeness (QED) is 0.873. The van der Waals surface area contributed by atoms with Gasteiger partial charge in [0.1, 0.15) is 5.82 Å². The molecule has 0 bridgehead atoms. The van der Waals surface area contributed by atoms with Crippen LogP contribution in [0.2, 0.25) is 0 Å². The first-order valence-corrected chi connectivity index (χ1v) is 8.34. The fourth-order valence-electron chi connectivity index (χ4n) is 2.95. The summed E-state index contributed by atoms with van der Waals surface area (Å²) in [5, 5.41) is 3.47. The molecule has 0 amide bonds. The highest BCUT2D eigenvalue weighted by molar-refractivity contribution is 5.42. The van der Waals surface area contributed by atoms with E-state index < -0.39 is 0 Å². The number of piperazine rings is 1. The number of hydrogen-bond acceptors (Lipinski definition) is 4. The van der Waals surface area contributed by atoms with Crippen molar-refractivity contribution in [1.82, 2.24) is 15.2 Å². The van der Waals surface area contributed by atoms with Gasteiger partial charge < -0.3 is 10.2 Å². The molecular weight excluding hydrogens is 260 g/mol. The molecule has 4 heteroatoms. The predicted octanol–water partition coefficient (Wildman–Crippen LogP) is 2.67. The van der Waals surface area contributed by atoms with Gasteiger partial charge in [0.25, 0.3) is 0 Å². The Kier molecular flexibility index (Phi) is 6.00. The molecule has 2 atom stereocenters. The van der Waals surface area contributed by atoms with E-state index in [9.17, 15) is 0 Å². The molecule has 118 valence electrons. The summed E-state index contributed by atoms with van der Waals surface area (Å²) >= 11 is 0. The summed E-state index contributed by atoms with van der Waals surface area (Å²) in [5.74, 6) is 1.13. The zero-order chi connectivity index (χ0) is 15.2. The Balaban J connectivity index is 1.98. The van der Waals surface area contributed by atoms with Crippen molar-refractivity contribution in [2.45, 2.75) is 46.2 Å². The maximum atomic E-state index is 4.58. The standard InChI is InChI=1S/C17H30N4/c1-5-14(3)20-9-11-21(12-10-20)17-13-16(7-8-19-17)15(4)18-6-2/h7-8,13-15,18H,5-6,9-12H2,1-4H3. The predicted molar refractivity (Wildman–Crippen MR) is 89.9 cm³/mol. The average Bonchev–Trinajstić information content (AvgIpc) is 2.54. The number of hydrogen-bond donors (Lipinski definition) is 1. The number of pyridine rings is 1. The maximum absolute atomic E-state index is 4.58. The van der Waals surface area contributed by atoms with Crippen LogP contribution in [0.1, 0.15) is 45.7 Å². The lowest BCUT2D eigenvalue weighted by molar-refractivity contribution is 0.192. The van der Waals surface area contributed by atoms with Gasteiger partial charge in [0.15, 0.2) is 0 Å². The number of nitrogens with one attached hydrogen (secondary N) is 1. The minimum absolute atomic E-state index is 0.387. The van der Waals surface area contributed by atoms with Gasteiger partial charge in [0.05, 0.1) is 0 Å². The fraction of sp³-hybridized carbons (Fsp3) is 0.706. The lowest BCUT2D eigenvalue weighted by Gasteiger charge is -2.38. The van der Waals surface area contributed by atoms with Crippen LogP contribution in [0.4, 0.5) is 5.82 Å². The highest BCUT2D eigenvalue weighted by Gasteiger charge is 2.21. The number of rotatable bonds is 6. The summed E-state index contributed by atoms with van der Waals surface area (Å²) in [4.78, 5) is 9.58. The van der Waals surface area contributed by atoms with Crippen molar-refractivity contribution in [1.29, 1.82) is 0 Å². The van der Waals surface area contributed by atoms with Crippen molar-refractivity contribution in [3.8, 4) is 0 Å². The summed E-state index contributed by atoms with van der Waals surface area (Å²) in [6.45, 7) is 14.4. The zero-order valence-corrected chi connectivity index (χ0v) is 14.0. The SMILES string of the molecule is CCNC(C)c1ccnc(N2CCN(C(C)CC)CC2)c1. The molecule has 1 aliphatic rings. The third kappa shape index (κ3) is 4.17. The average molecular weight is 290 g/mol. The molecule has 4 nitrogen and oxygen atoms in total. The number of aromatic nitrogens is 1. The van der Waals surface area contributed by atoms with Crippen LogP contribution >= 0.6 is 0 Å². The monoisotopic (exact) mass is 290 g/mol. The van der Waals surface area contributed by atoms with E-state index in [-0.39, 0.29) is 0 Å².